The normalized spacial score (nSPS) is 11.6. The van der Waals surface area contributed by atoms with E-state index in [0.29, 0.717) is 18.8 Å². The van der Waals surface area contributed by atoms with Crippen LogP contribution >= 0.6 is 0 Å². The van der Waals surface area contributed by atoms with Gasteiger partial charge in [-0.25, -0.2) is 4.98 Å². The molecule has 0 aliphatic carbocycles. The summed E-state index contributed by atoms with van der Waals surface area (Å²) in [6.07, 6.45) is -1.99. The summed E-state index contributed by atoms with van der Waals surface area (Å²) in [6, 6.07) is 3.30. The number of anilines is 1. The molecule has 1 aromatic heterocycles. The van der Waals surface area contributed by atoms with Crippen LogP contribution in [0.3, 0.4) is 0 Å². The molecule has 90 valence electrons. The molecule has 1 heterocycles. The number of pyridine rings is 1. The summed E-state index contributed by atoms with van der Waals surface area (Å²) < 4.78 is 36.3. The highest BCUT2D eigenvalue weighted by molar-refractivity contribution is 5.38. The van der Waals surface area contributed by atoms with Crippen LogP contribution in [0.25, 0.3) is 0 Å². The van der Waals surface area contributed by atoms with Gasteiger partial charge in [0.25, 0.3) is 0 Å². The number of nitrogens with zero attached hydrogens (tertiary/aromatic N) is 2. The second-order valence-electron chi connectivity index (χ2n) is 3.53. The zero-order valence-electron chi connectivity index (χ0n) is 8.96. The van der Waals surface area contributed by atoms with E-state index >= 15 is 0 Å². The van der Waals surface area contributed by atoms with E-state index in [4.69, 9.17) is 5.73 Å². The van der Waals surface area contributed by atoms with E-state index in [1.54, 1.807) is 18.3 Å². The topological polar surface area (TPSA) is 42.1 Å². The lowest BCUT2D eigenvalue weighted by molar-refractivity contribution is -0.119. The minimum Gasteiger partial charge on any atom is -0.351 e. The molecule has 0 spiro atoms. The smallest absolute Gasteiger partial charge is 0.351 e. The third kappa shape index (κ3) is 4.06. The summed E-state index contributed by atoms with van der Waals surface area (Å²) in [5, 5.41) is 0. The third-order valence-electron chi connectivity index (χ3n) is 2.05. The second kappa shape index (κ2) is 5.16. The van der Waals surface area contributed by atoms with Crippen LogP contribution in [0.5, 0.6) is 0 Å². The Balaban J connectivity index is 2.66. The first kappa shape index (κ1) is 12.8. The molecule has 0 fully saturated rings. The summed E-state index contributed by atoms with van der Waals surface area (Å²) in [6.45, 7) is -0.504. The van der Waals surface area contributed by atoms with Gasteiger partial charge in [-0.2, -0.15) is 13.2 Å². The second-order valence-corrected chi connectivity index (χ2v) is 3.53. The van der Waals surface area contributed by atoms with E-state index in [9.17, 15) is 13.2 Å². The van der Waals surface area contributed by atoms with Crippen molar-refractivity contribution in [3.05, 3.63) is 23.9 Å². The van der Waals surface area contributed by atoms with E-state index in [-0.39, 0.29) is 0 Å². The number of nitrogens with two attached hydrogens (primary N) is 1. The molecule has 0 atom stereocenters. The lowest BCUT2D eigenvalue weighted by atomic mass is 10.2. The Morgan fingerprint density at radius 1 is 1.38 bits per heavy atom. The molecule has 1 aromatic rings. The number of hydrogen-bond acceptors (Lipinski definition) is 3. The van der Waals surface area contributed by atoms with Crippen molar-refractivity contribution >= 4 is 5.82 Å². The average Bonchev–Trinajstić information content (AvgIpc) is 2.16. The van der Waals surface area contributed by atoms with Crippen LogP contribution in [0.2, 0.25) is 0 Å². The van der Waals surface area contributed by atoms with Crippen LogP contribution in [0, 0.1) is 0 Å². The molecule has 16 heavy (non-hydrogen) atoms. The number of aromatic nitrogens is 1. The summed E-state index contributed by atoms with van der Waals surface area (Å²) in [7, 11) is 1.36. The van der Waals surface area contributed by atoms with Crippen LogP contribution in [0.1, 0.15) is 5.56 Å². The molecule has 0 saturated carbocycles. The van der Waals surface area contributed by atoms with Crippen molar-refractivity contribution in [1.82, 2.24) is 4.98 Å². The molecular weight excluding hydrogens is 219 g/mol. The molecule has 0 bridgehead atoms. The van der Waals surface area contributed by atoms with Crippen LogP contribution < -0.4 is 10.6 Å². The molecule has 1 rings (SSSR count). The van der Waals surface area contributed by atoms with Gasteiger partial charge < -0.3 is 10.6 Å². The Hall–Kier alpha value is -1.30. The molecular formula is C10H14F3N3. The van der Waals surface area contributed by atoms with Crippen molar-refractivity contribution in [2.24, 2.45) is 5.73 Å². The van der Waals surface area contributed by atoms with Crippen LogP contribution in [0.4, 0.5) is 19.0 Å². The Bertz CT molecular complexity index is 321. The Labute approximate surface area is 92.1 Å². The van der Waals surface area contributed by atoms with Crippen molar-refractivity contribution in [1.29, 1.82) is 0 Å². The predicted octanol–water partition coefficient (Wildman–Crippen LogP) is 1.58. The first-order valence-electron chi connectivity index (χ1n) is 4.85. The SMILES string of the molecule is CN(CC(F)(F)F)c1ccc(CCN)cn1. The molecule has 0 aromatic carbocycles. The van der Waals surface area contributed by atoms with Crippen LogP contribution in [-0.2, 0) is 6.42 Å². The van der Waals surface area contributed by atoms with Crippen LogP contribution in [0.15, 0.2) is 18.3 Å². The molecule has 0 amide bonds. The largest absolute Gasteiger partial charge is 0.405 e. The summed E-state index contributed by atoms with van der Waals surface area (Å²) >= 11 is 0. The van der Waals surface area contributed by atoms with Gasteiger partial charge in [-0.3, -0.25) is 0 Å². The van der Waals surface area contributed by atoms with E-state index in [1.807, 2.05) is 0 Å². The van der Waals surface area contributed by atoms with E-state index in [0.717, 1.165) is 10.5 Å². The maximum absolute atomic E-state index is 12.1. The first-order valence-corrected chi connectivity index (χ1v) is 4.85. The van der Waals surface area contributed by atoms with Crippen molar-refractivity contribution < 1.29 is 13.2 Å². The van der Waals surface area contributed by atoms with Gasteiger partial charge in [0.1, 0.15) is 12.4 Å². The summed E-state index contributed by atoms with van der Waals surface area (Å²) in [5.41, 5.74) is 6.28. The van der Waals surface area contributed by atoms with Gasteiger partial charge in [0.2, 0.25) is 0 Å². The predicted molar refractivity (Wildman–Crippen MR) is 56.3 cm³/mol. The highest BCUT2D eigenvalue weighted by atomic mass is 19.4. The van der Waals surface area contributed by atoms with Gasteiger partial charge in [-0.1, -0.05) is 6.07 Å². The van der Waals surface area contributed by atoms with E-state index in [2.05, 4.69) is 4.98 Å². The molecule has 0 saturated heterocycles. The van der Waals surface area contributed by atoms with Gasteiger partial charge in [0.15, 0.2) is 0 Å². The molecule has 0 aliphatic rings. The van der Waals surface area contributed by atoms with Gasteiger partial charge in [0.05, 0.1) is 0 Å². The van der Waals surface area contributed by atoms with Crippen molar-refractivity contribution in [3.63, 3.8) is 0 Å². The maximum atomic E-state index is 12.1. The van der Waals surface area contributed by atoms with Crippen molar-refractivity contribution in [3.8, 4) is 0 Å². The van der Waals surface area contributed by atoms with E-state index < -0.39 is 12.7 Å². The number of halogens is 3. The molecule has 0 radical (unpaired) electrons. The fourth-order valence-corrected chi connectivity index (χ4v) is 1.31. The average molecular weight is 233 g/mol. The lowest BCUT2D eigenvalue weighted by Crippen LogP contribution is -2.31. The Morgan fingerprint density at radius 2 is 2.06 bits per heavy atom. The summed E-state index contributed by atoms with van der Waals surface area (Å²) in [5.74, 6) is 0.304. The Kier molecular flexibility index (Phi) is 4.12. The quantitative estimate of drug-likeness (QED) is 0.858. The zero-order chi connectivity index (χ0) is 12.2. The van der Waals surface area contributed by atoms with Gasteiger partial charge in [-0.15, -0.1) is 0 Å². The van der Waals surface area contributed by atoms with Crippen LogP contribution in [-0.4, -0.2) is 31.3 Å². The Morgan fingerprint density at radius 3 is 2.50 bits per heavy atom. The summed E-state index contributed by atoms with van der Waals surface area (Å²) in [4.78, 5) is 5.01. The fraction of sp³-hybridized carbons (Fsp3) is 0.500. The van der Waals surface area contributed by atoms with Crippen molar-refractivity contribution in [2.45, 2.75) is 12.6 Å². The number of alkyl halides is 3. The molecule has 0 unspecified atom stereocenters. The lowest BCUT2D eigenvalue weighted by Gasteiger charge is -2.19. The van der Waals surface area contributed by atoms with Gasteiger partial charge >= 0.3 is 6.18 Å². The molecule has 0 aliphatic heterocycles. The van der Waals surface area contributed by atoms with Gasteiger partial charge in [-0.05, 0) is 24.6 Å². The minimum atomic E-state index is -4.22. The molecule has 3 nitrogen and oxygen atoms in total. The molecule has 2 N–H and O–H groups in total. The fourth-order valence-electron chi connectivity index (χ4n) is 1.31. The molecule has 6 heteroatoms. The highest BCUT2D eigenvalue weighted by Crippen LogP contribution is 2.19. The number of hydrogen-bond donors (Lipinski definition) is 1. The highest BCUT2D eigenvalue weighted by Gasteiger charge is 2.29. The third-order valence-corrected chi connectivity index (χ3v) is 2.05. The standard InChI is InChI=1S/C10H14F3N3/c1-16(7-10(11,12)13)9-3-2-8(4-5-14)6-15-9/h2-3,6H,4-5,7,14H2,1H3. The first-order chi connectivity index (χ1) is 7.42. The van der Waals surface area contributed by atoms with Crippen molar-refractivity contribution in [2.75, 3.05) is 25.0 Å². The van der Waals surface area contributed by atoms with E-state index in [1.165, 1.54) is 7.05 Å². The number of rotatable bonds is 4. The maximum Gasteiger partial charge on any atom is 0.405 e. The zero-order valence-corrected chi connectivity index (χ0v) is 8.96. The monoisotopic (exact) mass is 233 g/mol. The minimum absolute atomic E-state index is 0.304. The van der Waals surface area contributed by atoms with Gasteiger partial charge in [0, 0.05) is 13.2 Å².